The van der Waals surface area contributed by atoms with E-state index in [0.29, 0.717) is 12.5 Å². The molecule has 1 atom stereocenters. The number of rotatable bonds is 9. The van der Waals surface area contributed by atoms with E-state index in [-0.39, 0.29) is 12.5 Å². The fourth-order valence-corrected chi connectivity index (χ4v) is 4.64. The summed E-state index contributed by atoms with van der Waals surface area (Å²) in [7, 11) is 0. The standard InChI is InChI=1S/C25H37FO3/c1-2-3-9-24(26)25(27)29-23-14-10-19(11-15-23)18-28-22-16-12-21(13-17-22)20-7-5-4-6-8-20/h12-13,16-17,19-20,23-24H,2-11,14-15,18H2,1H3/t19?,23?,24-/m1/s1. The highest BCUT2D eigenvalue weighted by atomic mass is 19.1. The molecule has 0 unspecified atom stereocenters. The molecule has 3 rings (SSSR count). The molecule has 0 bridgehead atoms. The van der Waals surface area contributed by atoms with E-state index in [4.69, 9.17) is 9.47 Å². The second-order valence-corrected chi connectivity index (χ2v) is 8.90. The predicted octanol–water partition coefficient (Wildman–Crippen LogP) is 6.74. The molecule has 0 spiro atoms. The van der Waals surface area contributed by atoms with Crippen molar-refractivity contribution < 1.29 is 18.7 Å². The van der Waals surface area contributed by atoms with E-state index in [2.05, 4.69) is 24.3 Å². The van der Waals surface area contributed by atoms with Gasteiger partial charge in [0.2, 0.25) is 0 Å². The van der Waals surface area contributed by atoms with Crippen LogP contribution < -0.4 is 4.74 Å². The molecule has 0 N–H and O–H groups in total. The molecule has 0 heterocycles. The highest BCUT2D eigenvalue weighted by molar-refractivity contribution is 5.74. The Hall–Kier alpha value is -1.58. The van der Waals surface area contributed by atoms with Crippen molar-refractivity contribution in [1.82, 2.24) is 0 Å². The van der Waals surface area contributed by atoms with Crippen LogP contribution in [0.15, 0.2) is 24.3 Å². The van der Waals surface area contributed by atoms with Crippen LogP contribution in [0.25, 0.3) is 0 Å². The number of benzene rings is 1. The van der Waals surface area contributed by atoms with Gasteiger partial charge in [0.25, 0.3) is 0 Å². The van der Waals surface area contributed by atoms with Gasteiger partial charge < -0.3 is 9.47 Å². The van der Waals surface area contributed by atoms with Crippen LogP contribution in [0.4, 0.5) is 4.39 Å². The van der Waals surface area contributed by atoms with Gasteiger partial charge in [-0.15, -0.1) is 0 Å². The molecule has 2 fully saturated rings. The first kappa shape index (κ1) is 22.1. The van der Waals surface area contributed by atoms with Gasteiger partial charge in [-0.1, -0.05) is 51.2 Å². The summed E-state index contributed by atoms with van der Waals surface area (Å²) in [5, 5.41) is 0. The zero-order valence-corrected chi connectivity index (χ0v) is 17.9. The number of unbranched alkanes of at least 4 members (excludes halogenated alkanes) is 1. The van der Waals surface area contributed by atoms with E-state index in [1.807, 2.05) is 6.92 Å². The van der Waals surface area contributed by atoms with Crippen LogP contribution in [0.2, 0.25) is 0 Å². The van der Waals surface area contributed by atoms with Gasteiger partial charge in [-0.25, -0.2) is 9.18 Å². The minimum Gasteiger partial charge on any atom is -0.493 e. The van der Waals surface area contributed by atoms with Gasteiger partial charge >= 0.3 is 5.97 Å². The lowest BCUT2D eigenvalue weighted by Crippen LogP contribution is -2.30. The Morgan fingerprint density at radius 1 is 1.03 bits per heavy atom. The molecule has 0 aliphatic heterocycles. The molecule has 0 amide bonds. The van der Waals surface area contributed by atoms with Crippen molar-refractivity contribution in [2.45, 2.75) is 102 Å². The second kappa shape index (κ2) is 11.6. The van der Waals surface area contributed by atoms with Crippen molar-refractivity contribution in [3.63, 3.8) is 0 Å². The largest absolute Gasteiger partial charge is 0.493 e. The lowest BCUT2D eigenvalue weighted by Gasteiger charge is -2.28. The Morgan fingerprint density at radius 3 is 2.38 bits per heavy atom. The summed E-state index contributed by atoms with van der Waals surface area (Å²) in [6.45, 7) is 2.69. The summed E-state index contributed by atoms with van der Waals surface area (Å²) in [5.41, 5.74) is 1.45. The lowest BCUT2D eigenvalue weighted by atomic mass is 9.84. The number of hydrogen-bond acceptors (Lipinski definition) is 3. The Bertz CT molecular complexity index is 601. The number of esters is 1. The zero-order chi connectivity index (χ0) is 20.5. The number of halogens is 1. The molecule has 1 aromatic rings. The van der Waals surface area contributed by atoms with Crippen LogP contribution in [0.5, 0.6) is 5.75 Å². The molecular formula is C25H37FO3. The van der Waals surface area contributed by atoms with Gasteiger partial charge in [-0.2, -0.15) is 0 Å². The van der Waals surface area contributed by atoms with Gasteiger partial charge in [0.05, 0.1) is 6.61 Å². The maximum Gasteiger partial charge on any atom is 0.340 e. The normalized spacial score (nSPS) is 24.1. The summed E-state index contributed by atoms with van der Waals surface area (Å²) in [6.07, 6.45) is 10.5. The monoisotopic (exact) mass is 404 g/mol. The molecule has 2 saturated carbocycles. The number of carbonyl (C=O) groups is 1. The molecule has 0 saturated heterocycles. The molecule has 162 valence electrons. The number of carbonyl (C=O) groups excluding carboxylic acids is 1. The Morgan fingerprint density at radius 2 is 1.72 bits per heavy atom. The van der Waals surface area contributed by atoms with E-state index < -0.39 is 12.1 Å². The molecule has 0 radical (unpaired) electrons. The van der Waals surface area contributed by atoms with Crippen molar-refractivity contribution >= 4 is 5.97 Å². The molecule has 3 nitrogen and oxygen atoms in total. The van der Waals surface area contributed by atoms with Crippen molar-refractivity contribution in [3.8, 4) is 5.75 Å². The topological polar surface area (TPSA) is 35.5 Å². The first-order valence-electron chi connectivity index (χ1n) is 11.7. The van der Waals surface area contributed by atoms with Gasteiger partial charge in [0, 0.05) is 0 Å². The first-order chi connectivity index (χ1) is 14.2. The molecule has 2 aliphatic rings. The maximum atomic E-state index is 13.8. The van der Waals surface area contributed by atoms with Crippen LogP contribution in [-0.2, 0) is 9.53 Å². The molecule has 2 aliphatic carbocycles. The van der Waals surface area contributed by atoms with Crippen LogP contribution in [0.3, 0.4) is 0 Å². The summed E-state index contributed by atoms with van der Waals surface area (Å²) in [6, 6.07) is 8.67. The van der Waals surface area contributed by atoms with Crippen molar-refractivity contribution in [2.75, 3.05) is 6.61 Å². The van der Waals surface area contributed by atoms with E-state index in [0.717, 1.165) is 50.2 Å². The Balaban J connectivity index is 1.35. The first-order valence-corrected chi connectivity index (χ1v) is 11.7. The summed E-state index contributed by atoms with van der Waals surface area (Å²) in [5.74, 6) is 1.47. The van der Waals surface area contributed by atoms with Crippen LogP contribution in [-0.4, -0.2) is 24.9 Å². The summed E-state index contributed by atoms with van der Waals surface area (Å²) < 4.78 is 25.2. The molecule has 1 aromatic carbocycles. The second-order valence-electron chi connectivity index (χ2n) is 8.90. The van der Waals surface area contributed by atoms with Gasteiger partial charge in [-0.3, -0.25) is 0 Å². The third kappa shape index (κ3) is 7.01. The lowest BCUT2D eigenvalue weighted by molar-refractivity contribution is -0.157. The molecular weight excluding hydrogens is 367 g/mol. The maximum absolute atomic E-state index is 13.8. The summed E-state index contributed by atoms with van der Waals surface area (Å²) >= 11 is 0. The fourth-order valence-electron chi connectivity index (χ4n) is 4.64. The molecule has 29 heavy (non-hydrogen) atoms. The third-order valence-corrected chi connectivity index (χ3v) is 6.59. The Labute approximate surface area is 175 Å². The van der Waals surface area contributed by atoms with Gasteiger partial charge in [0.15, 0.2) is 6.17 Å². The van der Waals surface area contributed by atoms with E-state index in [1.54, 1.807) is 0 Å². The van der Waals surface area contributed by atoms with Crippen molar-refractivity contribution in [2.24, 2.45) is 5.92 Å². The van der Waals surface area contributed by atoms with Crippen molar-refractivity contribution in [1.29, 1.82) is 0 Å². The smallest absolute Gasteiger partial charge is 0.340 e. The SMILES string of the molecule is CCCC[C@@H](F)C(=O)OC1CCC(COc2ccc(C3CCCCC3)cc2)CC1. The summed E-state index contributed by atoms with van der Waals surface area (Å²) in [4.78, 5) is 11.8. The van der Waals surface area contributed by atoms with E-state index in [1.165, 1.54) is 37.7 Å². The Kier molecular flexibility index (Phi) is 8.82. The number of ether oxygens (including phenoxy) is 2. The third-order valence-electron chi connectivity index (χ3n) is 6.59. The van der Waals surface area contributed by atoms with Gasteiger partial charge in [-0.05, 0) is 74.5 Å². The van der Waals surface area contributed by atoms with E-state index in [9.17, 15) is 9.18 Å². The highest BCUT2D eigenvalue weighted by Gasteiger charge is 2.27. The minimum absolute atomic E-state index is 0.131. The van der Waals surface area contributed by atoms with E-state index >= 15 is 0 Å². The average Bonchev–Trinajstić information content (AvgIpc) is 2.78. The van der Waals surface area contributed by atoms with Crippen LogP contribution in [0.1, 0.15) is 95.5 Å². The number of hydrogen-bond donors (Lipinski definition) is 0. The predicted molar refractivity (Wildman–Crippen MR) is 114 cm³/mol. The van der Waals surface area contributed by atoms with Crippen molar-refractivity contribution in [3.05, 3.63) is 29.8 Å². The minimum atomic E-state index is -1.47. The van der Waals surface area contributed by atoms with Crippen LogP contribution >= 0.6 is 0 Å². The molecule has 4 heteroatoms. The quantitative estimate of drug-likeness (QED) is 0.427. The average molecular weight is 405 g/mol. The number of alkyl halides is 1. The molecule has 0 aromatic heterocycles. The van der Waals surface area contributed by atoms with Gasteiger partial charge in [0.1, 0.15) is 11.9 Å². The zero-order valence-electron chi connectivity index (χ0n) is 17.9. The fraction of sp³-hybridized carbons (Fsp3) is 0.720. The van der Waals surface area contributed by atoms with Crippen LogP contribution in [0, 0.1) is 5.92 Å². The highest BCUT2D eigenvalue weighted by Crippen LogP contribution is 2.33.